The van der Waals surface area contributed by atoms with Crippen LogP contribution in [0.4, 0.5) is 17.1 Å². The first kappa shape index (κ1) is 30.0. The largest absolute Gasteiger partial charge is 0.456 e. The number of hydrogen-bond acceptors (Lipinski definition) is 4. The number of fused-ring (bicyclic) bond motifs is 13. The molecule has 0 spiro atoms. The fourth-order valence-electron chi connectivity index (χ4n) is 8.56. The maximum atomic E-state index is 6.27. The number of anilines is 3. The molecule has 0 saturated carbocycles. The van der Waals surface area contributed by atoms with Crippen molar-refractivity contribution in [1.29, 1.82) is 0 Å². The van der Waals surface area contributed by atoms with Crippen LogP contribution in [0.1, 0.15) is 0 Å². The van der Waals surface area contributed by atoms with Crippen molar-refractivity contribution in [2.24, 2.45) is 0 Å². The highest BCUT2D eigenvalue weighted by atomic mass is 32.1. The summed E-state index contributed by atoms with van der Waals surface area (Å²) in [5.41, 5.74) is 7.54. The molecular formula is C50H29NOS2. The molecule has 0 unspecified atom stereocenters. The Kier molecular flexibility index (Phi) is 6.41. The predicted octanol–water partition coefficient (Wildman–Crippen LogP) is 15.8. The van der Waals surface area contributed by atoms with Crippen LogP contribution in [-0.2, 0) is 0 Å². The van der Waals surface area contributed by atoms with Crippen molar-refractivity contribution >= 4 is 124 Å². The number of furan rings is 1. The van der Waals surface area contributed by atoms with E-state index in [1.54, 1.807) is 0 Å². The van der Waals surface area contributed by atoms with Gasteiger partial charge in [-0.1, -0.05) is 109 Å². The zero-order valence-corrected chi connectivity index (χ0v) is 30.5. The Morgan fingerprint density at radius 2 is 0.981 bits per heavy atom. The first-order valence-electron chi connectivity index (χ1n) is 18.2. The summed E-state index contributed by atoms with van der Waals surface area (Å²) in [6.07, 6.45) is 0. The van der Waals surface area contributed by atoms with Gasteiger partial charge in [0.1, 0.15) is 11.2 Å². The zero-order chi connectivity index (χ0) is 35.3. The van der Waals surface area contributed by atoms with Gasteiger partial charge < -0.3 is 9.32 Å². The lowest BCUT2D eigenvalue weighted by molar-refractivity contribution is 0.669. The zero-order valence-electron chi connectivity index (χ0n) is 28.9. The minimum atomic E-state index is 0.893. The van der Waals surface area contributed by atoms with Crippen molar-refractivity contribution in [3.8, 4) is 11.1 Å². The average Bonchev–Trinajstić information content (AvgIpc) is 3.92. The SMILES string of the molecule is c1ccc2c(-c3ccc(N(c4ccc5oc6ccccc6c5c4)c4ccc5sc6ccc7sc8c9ccccc9ccc8c7c6c5c4)cc3)cccc2c1. The Hall–Kier alpha value is -6.46. The standard InChI is InChI=1S/C50H29NOS2/c1-3-11-36-30(8-1)10-7-14-37(36)32-16-19-33(20-17-32)51(34-21-24-44-41(28-34)39-13-5-6-15-43(39)52-44)35-22-25-45-42(29-35)49-46(53-45)26-27-47-48(49)40-23-18-31-9-2-4-12-38(31)50(40)54-47/h1-29H. The van der Waals surface area contributed by atoms with Gasteiger partial charge in [0, 0.05) is 68.2 Å². The summed E-state index contributed by atoms with van der Waals surface area (Å²) in [6, 6.07) is 64.2. The topological polar surface area (TPSA) is 16.4 Å². The van der Waals surface area contributed by atoms with E-state index in [1.807, 2.05) is 34.8 Å². The third-order valence-corrected chi connectivity index (χ3v) is 13.4. The van der Waals surface area contributed by atoms with Crippen molar-refractivity contribution in [2.45, 2.75) is 0 Å². The molecule has 12 rings (SSSR count). The van der Waals surface area contributed by atoms with Gasteiger partial charge in [-0.15, -0.1) is 22.7 Å². The maximum absolute atomic E-state index is 6.27. The Bertz CT molecular complexity index is 3450. The van der Waals surface area contributed by atoms with E-state index in [1.165, 1.54) is 73.0 Å². The van der Waals surface area contributed by atoms with Crippen LogP contribution >= 0.6 is 22.7 Å². The third-order valence-electron chi connectivity index (χ3n) is 11.0. The maximum Gasteiger partial charge on any atom is 0.135 e. The Morgan fingerprint density at radius 3 is 1.83 bits per heavy atom. The lowest BCUT2D eigenvalue weighted by atomic mass is 9.98. The molecule has 0 aliphatic heterocycles. The van der Waals surface area contributed by atoms with Crippen molar-refractivity contribution in [3.63, 3.8) is 0 Å². The van der Waals surface area contributed by atoms with Crippen LogP contribution in [0.2, 0.25) is 0 Å². The molecular weight excluding hydrogens is 695 g/mol. The molecule has 252 valence electrons. The van der Waals surface area contributed by atoms with Gasteiger partial charge in [-0.3, -0.25) is 0 Å². The van der Waals surface area contributed by atoms with E-state index in [0.717, 1.165) is 39.0 Å². The van der Waals surface area contributed by atoms with Crippen molar-refractivity contribution < 1.29 is 4.42 Å². The van der Waals surface area contributed by atoms with Gasteiger partial charge in [0.2, 0.25) is 0 Å². The van der Waals surface area contributed by atoms with E-state index in [2.05, 4.69) is 169 Å². The fourth-order valence-corrected chi connectivity index (χ4v) is 10.9. The number of para-hydroxylation sites is 1. The summed E-state index contributed by atoms with van der Waals surface area (Å²) < 4.78 is 11.6. The number of hydrogen-bond donors (Lipinski definition) is 0. The van der Waals surface area contributed by atoms with Crippen LogP contribution in [-0.4, -0.2) is 0 Å². The molecule has 9 aromatic carbocycles. The van der Waals surface area contributed by atoms with Gasteiger partial charge in [0.15, 0.2) is 0 Å². The predicted molar refractivity (Wildman–Crippen MR) is 235 cm³/mol. The summed E-state index contributed by atoms with van der Waals surface area (Å²) in [4.78, 5) is 2.40. The molecule has 0 bridgehead atoms. The molecule has 12 aromatic rings. The molecule has 0 N–H and O–H groups in total. The van der Waals surface area contributed by atoms with Crippen LogP contribution in [0.5, 0.6) is 0 Å². The van der Waals surface area contributed by atoms with E-state index < -0.39 is 0 Å². The summed E-state index contributed by atoms with van der Waals surface area (Å²) >= 11 is 3.79. The quantitative estimate of drug-likeness (QED) is 0.180. The van der Waals surface area contributed by atoms with E-state index in [9.17, 15) is 0 Å². The van der Waals surface area contributed by atoms with Gasteiger partial charge in [-0.05, 0) is 99.4 Å². The fraction of sp³-hybridized carbons (Fsp3) is 0. The second kappa shape index (κ2) is 11.5. The highest BCUT2D eigenvalue weighted by Gasteiger charge is 2.20. The molecule has 0 amide bonds. The van der Waals surface area contributed by atoms with Crippen molar-refractivity contribution in [3.05, 3.63) is 176 Å². The lowest BCUT2D eigenvalue weighted by Gasteiger charge is -2.26. The third kappa shape index (κ3) is 4.45. The van der Waals surface area contributed by atoms with Gasteiger partial charge in [0.25, 0.3) is 0 Å². The van der Waals surface area contributed by atoms with Gasteiger partial charge in [0.05, 0.1) is 0 Å². The normalized spacial score (nSPS) is 12.1. The van der Waals surface area contributed by atoms with E-state index in [0.29, 0.717) is 0 Å². The molecule has 4 heteroatoms. The number of thiophene rings is 2. The number of nitrogens with zero attached hydrogens (tertiary/aromatic N) is 1. The molecule has 3 heterocycles. The number of benzene rings is 9. The Labute approximate surface area is 318 Å². The highest BCUT2D eigenvalue weighted by Crippen LogP contribution is 2.48. The number of rotatable bonds is 4. The van der Waals surface area contributed by atoms with E-state index in [-0.39, 0.29) is 0 Å². The molecule has 0 fully saturated rings. The van der Waals surface area contributed by atoms with E-state index >= 15 is 0 Å². The van der Waals surface area contributed by atoms with Gasteiger partial charge in [-0.2, -0.15) is 0 Å². The molecule has 0 radical (unpaired) electrons. The van der Waals surface area contributed by atoms with E-state index in [4.69, 9.17) is 4.42 Å². The summed E-state index contributed by atoms with van der Waals surface area (Å²) in [5, 5.41) is 12.7. The summed E-state index contributed by atoms with van der Waals surface area (Å²) in [5.74, 6) is 0. The molecule has 54 heavy (non-hydrogen) atoms. The van der Waals surface area contributed by atoms with Crippen LogP contribution in [0.15, 0.2) is 180 Å². The lowest BCUT2D eigenvalue weighted by Crippen LogP contribution is -2.09. The van der Waals surface area contributed by atoms with Crippen molar-refractivity contribution in [2.75, 3.05) is 4.90 Å². The summed E-state index contributed by atoms with van der Waals surface area (Å²) in [7, 11) is 0. The van der Waals surface area contributed by atoms with Crippen LogP contribution in [0, 0.1) is 0 Å². The van der Waals surface area contributed by atoms with Crippen LogP contribution < -0.4 is 4.90 Å². The monoisotopic (exact) mass is 723 g/mol. The van der Waals surface area contributed by atoms with Crippen LogP contribution in [0.25, 0.3) is 95.0 Å². The second-order valence-corrected chi connectivity index (χ2v) is 16.2. The highest BCUT2D eigenvalue weighted by molar-refractivity contribution is 7.28. The minimum Gasteiger partial charge on any atom is -0.456 e. The molecule has 0 aliphatic carbocycles. The smallest absolute Gasteiger partial charge is 0.135 e. The Balaban J connectivity index is 1.09. The minimum absolute atomic E-state index is 0.893. The molecule has 0 atom stereocenters. The first-order valence-corrected chi connectivity index (χ1v) is 19.9. The van der Waals surface area contributed by atoms with Crippen molar-refractivity contribution in [1.82, 2.24) is 0 Å². The molecule has 2 nitrogen and oxygen atoms in total. The Morgan fingerprint density at radius 1 is 0.370 bits per heavy atom. The second-order valence-electron chi connectivity index (χ2n) is 14.0. The van der Waals surface area contributed by atoms with Gasteiger partial charge >= 0.3 is 0 Å². The van der Waals surface area contributed by atoms with Gasteiger partial charge in [-0.25, -0.2) is 0 Å². The molecule has 0 aliphatic rings. The molecule has 0 saturated heterocycles. The first-order chi connectivity index (χ1) is 26.7. The van der Waals surface area contributed by atoms with Crippen LogP contribution in [0.3, 0.4) is 0 Å². The summed E-state index contributed by atoms with van der Waals surface area (Å²) in [6.45, 7) is 0. The average molecular weight is 724 g/mol. The molecule has 3 aromatic heterocycles.